The Morgan fingerprint density at radius 2 is 2.00 bits per heavy atom. The predicted molar refractivity (Wildman–Crippen MR) is 96.7 cm³/mol. The summed E-state index contributed by atoms with van der Waals surface area (Å²) < 4.78 is 20.4. The first-order chi connectivity index (χ1) is 13.4. The summed E-state index contributed by atoms with van der Waals surface area (Å²) in [7, 11) is 0. The monoisotopic (exact) mass is 386 g/mol. The number of halogens is 1. The Morgan fingerprint density at radius 3 is 2.75 bits per heavy atom. The largest absolute Gasteiger partial charge is 0.478 e. The molecule has 2 amide bonds. The number of ether oxygens (including phenoxy) is 1. The van der Waals surface area contributed by atoms with Crippen LogP contribution in [0.5, 0.6) is 5.75 Å². The average molecular weight is 386 g/mol. The molecule has 1 atom stereocenters. The van der Waals surface area contributed by atoms with Gasteiger partial charge in [0.2, 0.25) is 5.91 Å². The first kappa shape index (κ1) is 19.2. The molecule has 0 saturated carbocycles. The molecule has 28 heavy (non-hydrogen) atoms. The van der Waals surface area contributed by atoms with Crippen LogP contribution in [-0.4, -0.2) is 37.5 Å². The van der Waals surface area contributed by atoms with E-state index in [1.54, 1.807) is 17.5 Å². The third-order valence-electron chi connectivity index (χ3n) is 4.16. The van der Waals surface area contributed by atoms with Crippen LogP contribution in [0.2, 0.25) is 0 Å². The van der Waals surface area contributed by atoms with Gasteiger partial charge in [-0.3, -0.25) is 20.4 Å². The van der Waals surface area contributed by atoms with Crippen molar-refractivity contribution in [2.45, 2.75) is 33.3 Å². The first-order valence-electron chi connectivity index (χ1n) is 8.52. The Morgan fingerprint density at radius 1 is 1.25 bits per heavy atom. The molecule has 2 N–H and O–H groups in total. The molecule has 3 aromatic rings. The highest BCUT2D eigenvalue weighted by Gasteiger charge is 2.18. The summed E-state index contributed by atoms with van der Waals surface area (Å²) in [6.45, 7) is 5.03. The van der Waals surface area contributed by atoms with Crippen molar-refractivity contribution in [2.24, 2.45) is 0 Å². The minimum Gasteiger partial charge on any atom is -0.478 e. The van der Waals surface area contributed by atoms with Crippen LogP contribution in [-0.2, 0) is 16.0 Å². The van der Waals surface area contributed by atoms with Crippen molar-refractivity contribution in [1.82, 2.24) is 30.4 Å². The molecule has 1 aromatic carbocycles. The standard InChI is InChI=1S/C18H19FN6O3/c1-10-13(11(2)25-18(22-10)20-9-21-25)8-16(26)23-24-17(27)12(3)28-15-7-5-4-6-14(15)19/h4-7,9,12H,8H2,1-3H3,(H,23,26)(H,24,27)/t12-/m0/s1. The number of hydrogen-bond acceptors (Lipinski definition) is 6. The van der Waals surface area contributed by atoms with Crippen LogP contribution < -0.4 is 15.6 Å². The van der Waals surface area contributed by atoms with Gasteiger partial charge in [-0.2, -0.15) is 10.1 Å². The zero-order valence-corrected chi connectivity index (χ0v) is 15.6. The van der Waals surface area contributed by atoms with Gasteiger partial charge < -0.3 is 4.74 Å². The Labute approximate surface area is 159 Å². The summed E-state index contributed by atoms with van der Waals surface area (Å²) in [6, 6.07) is 5.75. The number of para-hydroxylation sites is 1. The summed E-state index contributed by atoms with van der Waals surface area (Å²) in [5.41, 5.74) is 6.66. The third-order valence-corrected chi connectivity index (χ3v) is 4.16. The van der Waals surface area contributed by atoms with Gasteiger partial charge in [0.05, 0.1) is 6.42 Å². The van der Waals surface area contributed by atoms with E-state index >= 15 is 0 Å². The van der Waals surface area contributed by atoms with Crippen molar-refractivity contribution in [1.29, 1.82) is 0 Å². The lowest BCUT2D eigenvalue weighted by Gasteiger charge is -2.16. The second-order valence-electron chi connectivity index (χ2n) is 6.14. The minimum atomic E-state index is -1.01. The van der Waals surface area contributed by atoms with Gasteiger partial charge >= 0.3 is 0 Å². The summed E-state index contributed by atoms with van der Waals surface area (Å²) >= 11 is 0. The number of aromatic nitrogens is 4. The minimum absolute atomic E-state index is 0.0106. The number of nitrogens with one attached hydrogen (secondary N) is 2. The molecule has 0 radical (unpaired) electrons. The van der Waals surface area contributed by atoms with Crippen LogP contribution in [0.4, 0.5) is 4.39 Å². The van der Waals surface area contributed by atoms with Crippen LogP contribution >= 0.6 is 0 Å². The number of carbonyl (C=O) groups excluding carboxylic acids is 2. The zero-order chi connectivity index (χ0) is 20.3. The molecule has 0 saturated heterocycles. The molecule has 0 unspecified atom stereocenters. The molecule has 0 aliphatic rings. The van der Waals surface area contributed by atoms with Crippen LogP contribution in [0.3, 0.4) is 0 Å². The maximum Gasteiger partial charge on any atom is 0.279 e. The van der Waals surface area contributed by atoms with Gasteiger partial charge in [-0.15, -0.1) is 0 Å². The molecule has 0 aliphatic heterocycles. The molecule has 2 heterocycles. The molecule has 0 bridgehead atoms. The highest BCUT2D eigenvalue weighted by molar-refractivity contribution is 5.85. The van der Waals surface area contributed by atoms with Crippen LogP contribution in [0.1, 0.15) is 23.9 Å². The topological polar surface area (TPSA) is 111 Å². The number of aryl methyl sites for hydroxylation is 2. The second-order valence-corrected chi connectivity index (χ2v) is 6.14. The third kappa shape index (κ3) is 4.05. The van der Waals surface area contributed by atoms with Crippen LogP contribution in [0.25, 0.3) is 5.78 Å². The van der Waals surface area contributed by atoms with Crippen LogP contribution in [0, 0.1) is 19.7 Å². The molecule has 10 heteroatoms. The maximum atomic E-state index is 13.6. The number of nitrogens with zero attached hydrogens (tertiary/aromatic N) is 4. The van der Waals surface area contributed by atoms with Gasteiger partial charge in [0, 0.05) is 17.0 Å². The van der Waals surface area contributed by atoms with Crippen molar-refractivity contribution < 1.29 is 18.7 Å². The van der Waals surface area contributed by atoms with E-state index in [9.17, 15) is 14.0 Å². The normalized spacial score (nSPS) is 11.9. The van der Waals surface area contributed by atoms with E-state index in [2.05, 4.69) is 25.9 Å². The van der Waals surface area contributed by atoms with Gasteiger partial charge in [0.1, 0.15) is 6.33 Å². The fourth-order valence-corrected chi connectivity index (χ4v) is 2.63. The Hall–Kier alpha value is -3.56. The van der Waals surface area contributed by atoms with Gasteiger partial charge in [-0.25, -0.2) is 13.9 Å². The Balaban J connectivity index is 1.58. The molecular weight excluding hydrogens is 367 g/mol. The molecule has 0 aliphatic carbocycles. The van der Waals surface area contributed by atoms with E-state index in [1.165, 1.54) is 31.5 Å². The van der Waals surface area contributed by atoms with Gasteiger partial charge in [0.25, 0.3) is 11.7 Å². The van der Waals surface area contributed by atoms with Crippen molar-refractivity contribution in [3.05, 3.63) is 53.4 Å². The van der Waals surface area contributed by atoms with E-state index in [-0.39, 0.29) is 12.2 Å². The van der Waals surface area contributed by atoms with Gasteiger partial charge in [0.15, 0.2) is 17.7 Å². The summed E-state index contributed by atoms with van der Waals surface area (Å²) in [4.78, 5) is 32.6. The van der Waals surface area contributed by atoms with E-state index in [4.69, 9.17) is 4.74 Å². The number of benzene rings is 1. The lowest BCUT2D eigenvalue weighted by Crippen LogP contribution is -2.47. The van der Waals surface area contributed by atoms with E-state index < -0.39 is 23.7 Å². The van der Waals surface area contributed by atoms with Crippen molar-refractivity contribution in [2.75, 3.05) is 0 Å². The van der Waals surface area contributed by atoms with Crippen molar-refractivity contribution in [3.8, 4) is 5.75 Å². The summed E-state index contributed by atoms with van der Waals surface area (Å²) in [5, 5.41) is 4.07. The molecule has 146 valence electrons. The number of amides is 2. The number of rotatable bonds is 5. The first-order valence-corrected chi connectivity index (χ1v) is 8.52. The fourth-order valence-electron chi connectivity index (χ4n) is 2.63. The predicted octanol–water partition coefficient (Wildman–Crippen LogP) is 1.04. The number of hydrogen-bond donors (Lipinski definition) is 2. The van der Waals surface area contributed by atoms with Gasteiger partial charge in [-0.1, -0.05) is 12.1 Å². The molecule has 2 aromatic heterocycles. The number of fused-ring (bicyclic) bond motifs is 1. The smallest absolute Gasteiger partial charge is 0.279 e. The summed E-state index contributed by atoms with van der Waals surface area (Å²) in [5.74, 6) is -1.23. The van der Waals surface area contributed by atoms with Gasteiger partial charge in [-0.05, 0) is 32.9 Å². The van der Waals surface area contributed by atoms with Crippen molar-refractivity contribution in [3.63, 3.8) is 0 Å². The quantitative estimate of drug-likeness (QED) is 0.634. The molecular formula is C18H19FN6O3. The second kappa shape index (κ2) is 7.99. The maximum absolute atomic E-state index is 13.6. The SMILES string of the molecule is Cc1nc2ncnn2c(C)c1CC(=O)NNC(=O)[C@H](C)Oc1ccccc1F. The highest BCUT2D eigenvalue weighted by atomic mass is 19.1. The summed E-state index contributed by atoms with van der Waals surface area (Å²) in [6.07, 6.45) is 0.368. The zero-order valence-electron chi connectivity index (χ0n) is 15.6. The molecule has 3 rings (SSSR count). The highest BCUT2D eigenvalue weighted by Crippen LogP contribution is 2.17. The van der Waals surface area contributed by atoms with Crippen molar-refractivity contribution >= 4 is 17.6 Å². The number of carbonyl (C=O) groups is 2. The fraction of sp³-hybridized carbons (Fsp3) is 0.278. The average Bonchev–Trinajstić information content (AvgIpc) is 3.13. The van der Waals surface area contributed by atoms with Crippen LogP contribution in [0.15, 0.2) is 30.6 Å². The van der Waals surface area contributed by atoms with E-state index in [1.807, 2.05) is 6.92 Å². The molecule has 9 nitrogen and oxygen atoms in total. The van der Waals surface area contributed by atoms with E-state index in [0.29, 0.717) is 17.0 Å². The molecule has 0 fully saturated rings. The van der Waals surface area contributed by atoms with E-state index in [0.717, 1.165) is 5.69 Å². The number of hydrazine groups is 1. The Bertz CT molecular complexity index is 1040. The lowest BCUT2D eigenvalue weighted by atomic mass is 10.1. The lowest BCUT2D eigenvalue weighted by molar-refractivity contribution is -0.132. The molecule has 0 spiro atoms. The Kier molecular flexibility index (Phi) is 5.48.